The SMILES string of the molecule is CC(=O)NC1CCN(c2nc(Cl)nc(-n3ccnc3)n2)C1. The fourth-order valence-corrected chi connectivity index (χ4v) is 2.46. The van der Waals surface area contributed by atoms with Crippen LogP contribution < -0.4 is 10.2 Å². The molecule has 0 radical (unpaired) electrons. The summed E-state index contributed by atoms with van der Waals surface area (Å²) in [6.45, 7) is 2.93. The maximum Gasteiger partial charge on any atom is 0.241 e. The Morgan fingerprint density at radius 3 is 2.90 bits per heavy atom. The number of halogens is 1. The van der Waals surface area contributed by atoms with Gasteiger partial charge in [-0.2, -0.15) is 15.0 Å². The van der Waals surface area contributed by atoms with Crippen molar-refractivity contribution >= 4 is 23.5 Å². The Morgan fingerprint density at radius 2 is 2.19 bits per heavy atom. The first-order valence-corrected chi connectivity index (χ1v) is 6.91. The van der Waals surface area contributed by atoms with E-state index in [1.54, 1.807) is 23.3 Å². The van der Waals surface area contributed by atoms with Gasteiger partial charge in [-0.3, -0.25) is 9.36 Å². The van der Waals surface area contributed by atoms with E-state index in [9.17, 15) is 4.79 Å². The van der Waals surface area contributed by atoms with Crippen molar-refractivity contribution in [1.29, 1.82) is 0 Å². The lowest BCUT2D eigenvalue weighted by Crippen LogP contribution is -2.36. The van der Waals surface area contributed by atoms with Crippen LogP contribution in [-0.4, -0.2) is 49.5 Å². The average molecular weight is 308 g/mol. The third-order valence-electron chi connectivity index (χ3n) is 3.20. The molecule has 0 saturated carbocycles. The number of carbonyl (C=O) groups is 1. The van der Waals surface area contributed by atoms with Crippen LogP contribution in [0.15, 0.2) is 18.7 Å². The highest BCUT2D eigenvalue weighted by molar-refractivity contribution is 6.28. The predicted molar refractivity (Wildman–Crippen MR) is 76.4 cm³/mol. The summed E-state index contributed by atoms with van der Waals surface area (Å²) in [4.78, 5) is 29.7. The van der Waals surface area contributed by atoms with Crippen molar-refractivity contribution in [2.45, 2.75) is 19.4 Å². The molecule has 1 N–H and O–H groups in total. The molecule has 1 amide bonds. The van der Waals surface area contributed by atoms with E-state index in [1.807, 2.05) is 4.90 Å². The van der Waals surface area contributed by atoms with Crippen LogP contribution >= 0.6 is 11.6 Å². The molecule has 21 heavy (non-hydrogen) atoms. The summed E-state index contributed by atoms with van der Waals surface area (Å²) in [6, 6.07) is 0.106. The molecule has 1 saturated heterocycles. The number of nitrogens with one attached hydrogen (secondary N) is 1. The topological polar surface area (TPSA) is 88.8 Å². The largest absolute Gasteiger partial charge is 0.352 e. The van der Waals surface area contributed by atoms with E-state index in [4.69, 9.17) is 11.6 Å². The quantitative estimate of drug-likeness (QED) is 0.884. The van der Waals surface area contributed by atoms with E-state index in [0.717, 1.165) is 13.0 Å². The molecule has 8 nitrogen and oxygen atoms in total. The second kappa shape index (κ2) is 5.65. The van der Waals surface area contributed by atoms with Gasteiger partial charge < -0.3 is 10.2 Å². The Kier molecular flexibility index (Phi) is 3.70. The highest BCUT2D eigenvalue weighted by Gasteiger charge is 2.25. The van der Waals surface area contributed by atoms with Gasteiger partial charge in [-0.25, -0.2) is 4.98 Å². The number of amides is 1. The standard InChI is InChI=1S/C12H14ClN7O/c1-8(21)15-9-2-4-19(6-9)11-16-10(13)17-12(18-11)20-5-3-14-7-20/h3,5,7,9H,2,4,6H2,1H3,(H,15,21). The maximum absolute atomic E-state index is 11.1. The zero-order chi connectivity index (χ0) is 14.8. The first-order valence-electron chi connectivity index (χ1n) is 6.54. The molecule has 1 unspecified atom stereocenters. The minimum absolute atomic E-state index is 0.0327. The molecule has 2 aromatic rings. The lowest BCUT2D eigenvalue weighted by Gasteiger charge is -2.17. The highest BCUT2D eigenvalue weighted by atomic mass is 35.5. The van der Waals surface area contributed by atoms with Crippen molar-refractivity contribution in [1.82, 2.24) is 29.8 Å². The summed E-state index contributed by atoms with van der Waals surface area (Å²) >= 11 is 5.97. The average Bonchev–Trinajstić information content (AvgIpc) is 3.08. The van der Waals surface area contributed by atoms with Crippen LogP contribution in [0.4, 0.5) is 5.95 Å². The van der Waals surface area contributed by atoms with E-state index < -0.39 is 0 Å². The van der Waals surface area contributed by atoms with Crippen molar-refractivity contribution in [3.63, 3.8) is 0 Å². The first-order chi connectivity index (χ1) is 10.1. The summed E-state index contributed by atoms with van der Waals surface area (Å²) in [6.07, 6.45) is 5.82. The zero-order valence-corrected chi connectivity index (χ0v) is 12.2. The monoisotopic (exact) mass is 307 g/mol. The highest BCUT2D eigenvalue weighted by Crippen LogP contribution is 2.18. The van der Waals surface area contributed by atoms with Gasteiger partial charge in [-0.1, -0.05) is 0 Å². The number of rotatable bonds is 3. The molecule has 1 fully saturated rings. The molecule has 3 heterocycles. The minimum Gasteiger partial charge on any atom is -0.352 e. The summed E-state index contributed by atoms with van der Waals surface area (Å²) in [5.41, 5.74) is 0. The zero-order valence-electron chi connectivity index (χ0n) is 11.4. The third-order valence-corrected chi connectivity index (χ3v) is 3.37. The summed E-state index contributed by atoms with van der Waals surface area (Å²) < 4.78 is 1.67. The van der Waals surface area contributed by atoms with Gasteiger partial charge in [0.25, 0.3) is 0 Å². The number of hydrogen-bond acceptors (Lipinski definition) is 6. The Morgan fingerprint density at radius 1 is 1.38 bits per heavy atom. The lowest BCUT2D eigenvalue weighted by molar-refractivity contribution is -0.119. The van der Waals surface area contributed by atoms with Gasteiger partial charge in [-0.15, -0.1) is 0 Å². The van der Waals surface area contributed by atoms with E-state index in [2.05, 4.69) is 25.3 Å². The van der Waals surface area contributed by atoms with Crippen molar-refractivity contribution in [2.75, 3.05) is 18.0 Å². The fraction of sp³-hybridized carbons (Fsp3) is 0.417. The molecule has 0 aromatic carbocycles. The van der Waals surface area contributed by atoms with Crippen molar-refractivity contribution in [3.05, 3.63) is 24.0 Å². The van der Waals surface area contributed by atoms with E-state index in [1.165, 1.54) is 6.92 Å². The van der Waals surface area contributed by atoms with Crippen molar-refractivity contribution < 1.29 is 4.79 Å². The molecule has 9 heteroatoms. The first kappa shape index (κ1) is 13.7. The Labute approximate surface area is 126 Å². The molecular weight excluding hydrogens is 294 g/mol. The van der Waals surface area contributed by atoms with Crippen LogP contribution in [0, 0.1) is 0 Å². The minimum atomic E-state index is -0.0327. The summed E-state index contributed by atoms with van der Waals surface area (Å²) in [7, 11) is 0. The Balaban J connectivity index is 1.81. The Bertz CT molecular complexity index is 645. The van der Waals surface area contributed by atoms with Gasteiger partial charge in [0, 0.05) is 38.4 Å². The van der Waals surface area contributed by atoms with Gasteiger partial charge in [-0.05, 0) is 18.0 Å². The normalized spacial score (nSPS) is 18.0. The van der Waals surface area contributed by atoms with Gasteiger partial charge in [0.2, 0.25) is 23.1 Å². The van der Waals surface area contributed by atoms with Gasteiger partial charge in [0.15, 0.2) is 0 Å². The maximum atomic E-state index is 11.1. The van der Waals surface area contributed by atoms with Crippen LogP contribution in [0.2, 0.25) is 5.28 Å². The number of imidazole rings is 1. The van der Waals surface area contributed by atoms with Crippen molar-refractivity contribution in [3.8, 4) is 5.95 Å². The number of aromatic nitrogens is 5. The summed E-state index contributed by atoms with van der Waals surface area (Å²) in [5.74, 6) is 0.895. The van der Waals surface area contributed by atoms with Crippen molar-refractivity contribution in [2.24, 2.45) is 0 Å². The van der Waals surface area contributed by atoms with Crippen LogP contribution in [0.25, 0.3) is 5.95 Å². The fourth-order valence-electron chi connectivity index (χ4n) is 2.31. The number of hydrogen-bond donors (Lipinski definition) is 1. The van der Waals surface area contributed by atoms with Gasteiger partial charge >= 0.3 is 0 Å². The molecule has 0 aliphatic carbocycles. The summed E-state index contributed by atoms with van der Waals surface area (Å²) in [5, 5.41) is 3.03. The van der Waals surface area contributed by atoms with Crippen LogP contribution in [0.1, 0.15) is 13.3 Å². The third kappa shape index (κ3) is 3.10. The number of carbonyl (C=O) groups excluding carboxylic acids is 1. The predicted octanol–water partition coefficient (Wildman–Crippen LogP) is 0.425. The molecule has 110 valence electrons. The van der Waals surface area contributed by atoms with Crippen LogP contribution in [0.5, 0.6) is 0 Å². The molecule has 0 spiro atoms. The van der Waals surface area contributed by atoms with E-state index >= 15 is 0 Å². The molecule has 3 rings (SSSR count). The Hall–Kier alpha value is -2.22. The van der Waals surface area contributed by atoms with Crippen LogP contribution in [-0.2, 0) is 4.79 Å². The number of anilines is 1. The second-order valence-electron chi connectivity index (χ2n) is 4.81. The molecule has 0 bridgehead atoms. The molecule has 1 aliphatic heterocycles. The second-order valence-corrected chi connectivity index (χ2v) is 5.14. The number of nitrogens with zero attached hydrogens (tertiary/aromatic N) is 6. The molecule has 1 atom stereocenters. The van der Waals surface area contributed by atoms with Gasteiger partial charge in [0.1, 0.15) is 6.33 Å². The molecular formula is C12H14ClN7O. The smallest absolute Gasteiger partial charge is 0.241 e. The van der Waals surface area contributed by atoms with E-state index in [0.29, 0.717) is 18.4 Å². The lowest BCUT2D eigenvalue weighted by atomic mass is 10.3. The van der Waals surface area contributed by atoms with E-state index in [-0.39, 0.29) is 17.2 Å². The van der Waals surface area contributed by atoms with Gasteiger partial charge in [0.05, 0.1) is 0 Å². The molecule has 2 aromatic heterocycles. The van der Waals surface area contributed by atoms with Crippen LogP contribution in [0.3, 0.4) is 0 Å². The molecule has 1 aliphatic rings.